The van der Waals surface area contributed by atoms with Crippen LogP contribution >= 0.6 is 23.2 Å². The molecule has 0 bridgehead atoms. The largest absolute Gasteiger partial charge is 0.480 e. The first-order chi connectivity index (χ1) is 20.6. The molecule has 1 fully saturated rings. The zero-order chi connectivity index (χ0) is 30.8. The van der Waals surface area contributed by atoms with Gasteiger partial charge in [0.1, 0.15) is 6.04 Å². The number of aliphatic hydroxyl groups excluding tert-OH is 1. The van der Waals surface area contributed by atoms with E-state index in [1.807, 2.05) is 6.07 Å². The number of H-pyrrole nitrogens is 1. The SMILES string of the molecule is N#C/N=C(\NCC(NC(=O)c1c(Cl)cc2c(c1Cl)CCN(C(=O)c1ccc3cn[nH]c3c1)C2)C(=O)O)N1C[C@@H](O)[C@@H](N)C1. The van der Waals surface area contributed by atoms with Crippen LogP contribution in [-0.4, -0.2) is 98.3 Å². The second-order valence-electron chi connectivity index (χ2n) is 10.3. The summed E-state index contributed by atoms with van der Waals surface area (Å²) in [4.78, 5) is 45.3. The minimum absolute atomic E-state index is 0.00157. The van der Waals surface area contributed by atoms with Crippen LogP contribution in [0.15, 0.2) is 35.5 Å². The molecule has 2 aliphatic rings. The molecule has 3 atom stereocenters. The first-order valence-corrected chi connectivity index (χ1v) is 14.0. The Morgan fingerprint density at radius 3 is 2.74 bits per heavy atom. The molecule has 0 radical (unpaired) electrons. The number of aromatic amines is 1. The first kappa shape index (κ1) is 30.1. The first-order valence-electron chi connectivity index (χ1n) is 13.2. The van der Waals surface area contributed by atoms with Crippen molar-refractivity contribution in [2.45, 2.75) is 31.2 Å². The van der Waals surface area contributed by atoms with Gasteiger partial charge in [0, 0.05) is 49.7 Å². The number of carbonyl (C=O) groups is 3. The molecule has 1 aromatic heterocycles. The van der Waals surface area contributed by atoms with Crippen LogP contribution in [0, 0.1) is 11.5 Å². The number of hydrogen-bond donors (Lipinski definition) is 6. The average Bonchev–Trinajstić information content (AvgIpc) is 3.58. The number of likely N-dealkylation sites (tertiary alicyclic amines) is 1. The molecule has 1 saturated heterocycles. The van der Waals surface area contributed by atoms with Crippen molar-refractivity contribution in [1.29, 1.82) is 5.26 Å². The van der Waals surface area contributed by atoms with Crippen LogP contribution in [0.2, 0.25) is 10.0 Å². The predicted octanol–water partition coefficient (Wildman–Crippen LogP) is 0.682. The standard InChI is InChI=1S/C27H27Cl2N9O5/c28-17-5-15-9-37(25(41)13-1-2-14-7-34-36-19(14)6-13)4-3-16(15)23(29)22(17)24(40)35-20(26(42)43)8-32-27(33-12-30)38-10-18(31)21(39)11-38/h1-2,5-7,18,20-21,39H,3-4,8-11,31H2,(H,32,33)(H,34,36)(H,35,40)(H,42,43)/t18-,20?,21+/m0/s1. The zero-order valence-corrected chi connectivity index (χ0v) is 24.1. The summed E-state index contributed by atoms with van der Waals surface area (Å²) in [5, 5.41) is 41.7. The molecular formula is C27H27Cl2N9O5. The van der Waals surface area contributed by atoms with Crippen molar-refractivity contribution in [1.82, 2.24) is 30.6 Å². The maximum atomic E-state index is 13.3. The number of aromatic nitrogens is 2. The average molecular weight is 628 g/mol. The van der Waals surface area contributed by atoms with E-state index in [9.17, 15) is 24.6 Å². The van der Waals surface area contributed by atoms with Gasteiger partial charge in [0.25, 0.3) is 11.8 Å². The third kappa shape index (κ3) is 6.20. The summed E-state index contributed by atoms with van der Waals surface area (Å²) in [6.07, 6.45) is 2.81. The number of nitrogens with one attached hydrogen (secondary N) is 3. The van der Waals surface area contributed by atoms with Gasteiger partial charge >= 0.3 is 5.97 Å². The summed E-state index contributed by atoms with van der Waals surface area (Å²) in [6.45, 7) is 0.509. The predicted molar refractivity (Wildman–Crippen MR) is 156 cm³/mol. The van der Waals surface area contributed by atoms with Gasteiger partial charge in [-0.15, -0.1) is 4.99 Å². The molecule has 43 heavy (non-hydrogen) atoms. The van der Waals surface area contributed by atoms with E-state index in [4.69, 9.17) is 34.2 Å². The number of carboxylic acid groups (broad SMARTS) is 1. The smallest absolute Gasteiger partial charge is 0.328 e. The molecule has 3 aromatic rings. The second-order valence-corrected chi connectivity index (χ2v) is 11.0. The van der Waals surface area contributed by atoms with Crippen LogP contribution in [0.1, 0.15) is 31.8 Å². The fourth-order valence-electron chi connectivity index (χ4n) is 5.16. The van der Waals surface area contributed by atoms with Gasteiger partial charge in [-0.3, -0.25) is 14.7 Å². The van der Waals surface area contributed by atoms with Crippen LogP contribution in [-0.2, 0) is 17.8 Å². The van der Waals surface area contributed by atoms with Gasteiger partial charge in [-0.05, 0) is 35.7 Å². The van der Waals surface area contributed by atoms with Crippen molar-refractivity contribution >= 4 is 57.8 Å². The van der Waals surface area contributed by atoms with E-state index in [0.29, 0.717) is 29.7 Å². The molecule has 0 saturated carbocycles. The summed E-state index contributed by atoms with van der Waals surface area (Å²) < 4.78 is 0. The molecule has 224 valence electrons. The number of nitrogens with two attached hydrogens (primary N) is 1. The van der Waals surface area contributed by atoms with Gasteiger partial charge in [0.05, 0.1) is 33.4 Å². The molecule has 1 unspecified atom stereocenters. The van der Waals surface area contributed by atoms with E-state index >= 15 is 0 Å². The number of amides is 2. The topological polar surface area (TPSA) is 213 Å². The van der Waals surface area contributed by atoms with Gasteiger partial charge in [-0.1, -0.05) is 29.3 Å². The second kappa shape index (κ2) is 12.4. The molecule has 14 nitrogen and oxygen atoms in total. The van der Waals surface area contributed by atoms with E-state index in [1.165, 1.54) is 4.90 Å². The Hall–Kier alpha value is -4.42. The summed E-state index contributed by atoms with van der Waals surface area (Å²) in [5.41, 5.74) is 8.29. The van der Waals surface area contributed by atoms with Gasteiger partial charge in [-0.2, -0.15) is 10.4 Å². The lowest BCUT2D eigenvalue weighted by Crippen LogP contribution is -2.51. The van der Waals surface area contributed by atoms with Crippen LogP contribution in [0.25, 0.3) is 10.9 Å². The van der Waals surface area contributed by atoms with Gasteiger partial charge in [0.15, 0.2) is 0 Å². The van der Waals surface area contributed by atoms with Crippen molar-refractivity contribution < 1.29 is 24.6 Å². The van der Waals surface area contributed by atoms with Crippen molar-refractivity contribution in [3.8, 4) is 6.19 Å². The van der Waals surface area contributed by atoms with Crippen LogP contribution in [0.3, 0.4) is 0 Å². The molecule has 2 aromatic carbocycles. The molecule has 0 spiro atoms. The molecular weight excluding hydrogens is 601 g/mol. The van der Waals surface area contributed by atoms with Gasteiger partial charge in [0.2, 0.25) is 12.2 Å². The number of guanidine groups is 1. The Bertz CT molecular complexity index is 1660. The number of nitriles is 1. The number of carboxylic acids is 1. The molecule has 3 heterocycles. The fraction of sp³-hybridized carbons (Fsp3) is 0.333. The Labute approximate surface area is 255 Å². The third-order valence-electron chi connectivity index (χ3n) is 7.46. The van der Waals surface area contributed by atoms with Crippen LogP contribution in [0.4, 0.5) is 0 Å². The Balaban J connectivity index is 1.29. The molecule has 5 rings (SSSR count). The lowest BCUT2D eigenvalue weighted by Gasteiger charge is -2.30. The number of β-amino-alcohol motifs (C(OH)–C–C–N with tert-alkyl or cyclic N) is 1. The number of aliphatic carboxylic acids is 1. The lowest BCUT2D eigenvalue weighted by atomic mass is 9.96. The van der Waals surface area contributed by atoms with E-state index in [0.717, 1.165) is 10.9 Å². The number of benzene rings is 2. The number of rotatable bonds is 6. The highest BCUT2D eigenvalue weighted by Crippen LogP contribution is 2.35. The van der Waals surface area contributed by atoms with Crippen molar-refractivity contribution in [2.24, 2.45) is 10.7 Å². The zero-order valence-electron chi connectivity index (χ0n) is 22.5. The number of aliphatic imine (C=N–C) groups is 1. The normalized spacial score (nSPS) is 19.1. The fourth-order valence-corrected chi connectivity index (χ4v) is 5.93. The van der Waals surface area contributed by atoms with Gasteiger partial charge < -0.3 is 36.4 Å². The highest BCUT2D eigenvalue weighted by molar-refractivity contribution is 6.40. The highest BCUT2D eigenvalue weighted by Gasteiger charge is 2.33. The van der Waals surface area contributed by atoms with Gasteiger partial charge in [-0.25, -0.2) is 4.79 Å². The number of nitrogens with zero attached hydrogens (tertiary/aromatic N) is 5. The number of aliphatic hydroxyl groups is 1. The molecule has 2 aliphatic heterocycles. The Morgan fingerprint density at radius 1 is 1.26 bits per heavy atom. The number of hydrogen-bond acceptors (Lipinski definition) is 8. The summed E-state index contributed by atoms with van der Waals surface area (Å²) in [7, 11) is 0. The van der Waals surface area contributed by atoms with E-state index < -0.39 is 30.1 Å². The number of carbonyl (C=O) groups excluding carboxylic acids is 2. The molecule has 7 N–H and O–H groups in total. The quantitative estimate of drug-likeness (QED) is 0.128. The minimum Gasteiger partial charge on any atom is -0.480 e. The third-order valence-corrected chi connectivity index (χ3v) is 8.18. The molecule has 0 aliphatic carbocycles. The lowest BCUT2D eigenvalue weighted by molar-refractivity contribution is -0.139. The van der Waals surface area contributed by atoms with E-state index in [2.05, 4.69) is 25.8 Å². The molecule has 16 heteroatoms. The Morgan fingerprint density at radius 2 is 2.05 bits per heavy atom. The minimum atomic E-state index is -1.46. The molecule has 2 amide bonds. The monoisotopic (exact) mass is 627 g/mol. The summed E-state index contributed by atoms with van der Waals surface area (Å²) in [6, 6.07) is 4.82. The van der Waals surface area contributed by atoms with E-state index in [1.54, 1.807) is 35.5 Å². The highest BCUT2D eigenvalue weighted by atomic mass is 35.5. The maximum absolute atomic E-state index is 13.3. The summed E-state index contributed by atoms with van der Waals surface area (Å²) in [5.74, 6) is -2.33. The van der Waals surface area contributed by atoms with Crippen LogP contribution in [0.5, 0.6) is 0 Å². The van der Waals surface area contributed by atoms with Crippen molar-refractivity contribution in [3.63, 3.8) is 0 Å². The van der Waals surface area contributed by atoms with E-state index in [-0.39, 0.29) is 53.7 Å². The number of fused-ring (bicyclic) bond motifs is 2. The number of halogens is 2. The summed E-state index contributed by atoms with van der Waals surface area (Å²) >= 11 is 13.1. The maximum Gasteiger partial charge on any atom is 0.328 e. The van der Waals surface area contributed by atoms with Crippen molar-refractivity contribution in [2.75, 3.05) is 26.2 Å². The van der Waals surface area contributed by atoms with Crippen LogP contribution < -0.4 is 16.4 Å². The Kier molecular flexibility index (Phi) is 8.69. The van der Waals surface area contributed by atoms with Crippen molar-refractivity contribution in [3.05, 3.63) is 62.8 Å².